The number of esters is 1. The van der Waals surface area contributed by atoms with Crippen molar-refractivity contribution in [2.45, 2.75) is 84.9 Å². The molecule has 0 bridgehead atoms. The molecule has 1 unspecified atom stereocenters. The first-order chi connectivity index (χ1) is 19.4. The molecule has 0 spiro atoms. The average molecular weight is 573 g/mol. The maximum atomic E-state index is 14.4. The summed E-state index contributed by atoms with van der Waals surface area (Å²) < 4.78 is 13.0. The first kappa shape index (κ1) is 32.5. The highest BCUT2D eigenvalue weighted by Crippen LogP contribution is 2.36. The van der Waals surface area contributed by atoms with E-state index in [0.29, 0.717) is 44.8 Å². The molecule has 0 N–H and O–H groups in total. The second kappa shape index (κ2) is 14.3. The molecule has 0 saturated heterocycles. The van der Waals surface area contributed by atoms with E-state index in [4.69, 9.17) is 19.3 Å². The van der Waals surface area contributed by atoms with Gasteiger partial charge in [0.15, 0.2) is 5.82 Å². The van der Waals surface area contributed by atoms with Gasteiger partial charge in [0.1, 0.15) is 5.60 Å². The Kier molecular flexibility index (Phi) is 11.3. The smallest absolute Gasteiger partial charge is 0.309 e. The lowest BCUT2D eigenvalue weighted by molar-refractivity contribution is -0.177. The number of rotatable bonds is 12. The number of unbranched alkanes of at least 4 members (excludes halogenated alkanes) is 1. The van der Waals surface area contributed by atoms with Crippen LogP contribution < -0.4 is 0 Å². The lowest BCUT2D eigenvalue weighted by Gasteiger charge is -2.41. The van der Waals surface area contributed by atoms with Crippen molar-refractivity contribution in [2.24, 2.45) is 17.8 Å². The molecule has 1 saturated carbocycles. The average Bonchev–Trinajstić information content (AvgIpc) is 3.30. The van der Waals surface area contributed by atoms with Crippen molar-refractivity contribution < 1.29 is 28.7 Å². The molecule has 1 fully saturated rings. The van der Waals surface area contributed by atoms with E-state index in [9.17, 15) is 14.4 Å². The van der Waals surface area contributed by atoms with Crippen LogP contribution in [0.15, 0.2) is 24.3 Å². The van der Waals surface area contributed by atoms with Crippen LogP contribution in [0.3, 0.4) is 0 Å². The number of aryl methyl sites for hydroxylation is 1. The largest absolute Gasteiger partial charge is 0.460 e. The summed E-state index contributed by atoms with van der Waals surface area (Å²) in [5, 5.41) is 1.20. The van der Waals surface area contributed by atoms with Crippen LogP contribution in [0, 0.1) is 17.8 Å². The molecule has 0 aliphatic heterocycles. The fourth-order valence-electron chi connectivity index (χ4n) is 5.57. The topological polar surface area (TPSA) is 103 Å². The minimum Gasteiger partial charge on any atom is -0.460 e. The van der Waals surface area contributed by atoms with E-state index in [1.165, 1.54) is 12.2 Å². The second-order valence-corrected chi connectivity index (χ2v) is 12.4. The molecule has 10 heteroatoms. The van der Waals surface area contributed by atoms with Gasteiger partial charge in [0, 0.05) is 45.8 Å². The predicted molar refractivity (Wildman–Crippen MR) is 157 cm³/mol. The van der Waals surface area contributed by atoms with Crippen LogP contribution in [0.2, 0.25) is 0 Å². The fourth-order valence-corrected chi connectivity index (χ4v) is 5.57. The van der Waals surface area contributed by atoms with Crippen LogP contribution in [-0.4, -0.2) is 83.4 Å². The quantitative estimate of drug-likeness (QED) is 0.206. The van der Waals surface area contributed by atoms with Crippen molar-refractivity contribution in [3.05, 3.63) is 30.1 Å². The SMILES string of the molecule is COCCCCn1c(C(=O)N(CC(C)C)[C@@H]2CC(C(=O)OC(C)(C)C)C[C@H](C(=O)N(C)OC)C2)nc2ccccc21. The zero-order valence-corrected chi connectivity index (χ0v) is 26.0. The molecule has 1 aliphatic carbocycles. The highest BCUT2D eigenvalue weighted by Gasteiger charge is 2.43. The molecule has 0 radical (unpaired) electrons. The summed E-state index contributed by atoms with van der Waals surface area (Å²) in [5.41, 5.74) is 1.01. The van der Waals surface area contributed by atoms with Crippen LogP contribution in [0.1, 0.15) is 77.3 Å². The number of hydroxylamine groups is 2. The number of nitrogens with zero attached hydrogens (tertiary/aromatic N) is 4. The second-order valence-electron chi connectivity index (χ2n) is 12.4. The van der Waals surface area contributed by atoms with Crippen LogP contribution in [0.5, 0.6) is 0 Å². The number of hydrogen-bond donors (Lipinski definition) is 0. The molecule has 1 heterocycles. The summed E-state index contributed by atoms with van der Waals surface area (Å²) in [6, 6.07) is 7.41. The summed E-state index contributed by atoms with van der Waals surface area (Å²) in [4.78, 5) is 52.8. The van der Waals surface area contributed by atoms with E-state index >= 15 is 0 Å². The Labute approximate surface area is 244 Å². The minimum absolute atomic E-state index is 0.163. The number of methoxy groups -OCH3 is 1. The third-order valence-electron chi connectivity index (χ3n) is 7.45. The van der Waals surface area contributed by atoms with Gasteiger partial charge in [-0.15, -0.1) is 0 Å². The van der Waals surface area contributed by atoms with E-state index in [0.717, 1.165) is 23.9 Å². The molecule has 41 heavy (non-hydrogen) atoms. The molecule has 1 aliphatic rings. The molecule has 3 atom stereocenters. The van der Waals surface area contributed by atoms with Gasteiger partial charge in [-0.25, -0.2) is 10.0 Å². The van der Waals surface area contributed by atoms with Gasteiger partial charge in [-0.05, 0) is 70.9 Å². The summed E-state index contributed by atoms with van der Waals surface area (Å²) in [6.45, 7) is 11.4. The van der Waals surface area contributed by atoms with Crippen molar-refractivity contribution in [1.29, 1.82) is 0 Å². The van der Waals surface area contributed by atoms with Crippen LogP contribution in [-0.2, 0) is 30.4 Å². The summed E-state index contributed by atoms with van der Waals surface area (Å²) >= 11 is 0. The van der Waals surface area contributed by atoms with Gasteiger partial charge >= 0.3 is 5.97 Å². The number of aromatic nitrogens is 2. The van der Waals surface area contributed by atoms with Crippen molar-refractivity contribution in [3.63, 3.8) is 0 Å². The number of benzene rings is 1. The van der Waals surface area contributed by atoms with Gasteiger partial charge in [-0.3, -0.25) is 19.2 Å². The summed E-state index contributed by atoms with van der Waals surface area (Å²) in [6.07, 6.45) is 2.89. The molecule has 2 aromatic rings. The molecule has 2 amide bonds. The van der Waals surface area contributed by atoms with Gasteiger partial charge in [0.25, 0.3) is 5.91 Å². The Bertz CT molecular complexity index is 1190. The molecular weight excluding hydrogens is 524 g/mol. The maximum Gasteiger partial charge on any atom is 0.309 e. The first-order valence-electron chi connectivity index (χ1n) is 14.7. The highest BCUT2D eigenvalue weighted by molar-refractivity contribution is 5.95. The standard InChI is InChI=1S/C31H48N4O6/c1-21(2)20-35(29(37)27-32-25-13-9-10-14-26(25)34(27)15-11-12-16-39-7)24-18-22(28(36)33(6)40-8)17-23(19-24)30(38)41-31(3,4)5/h9-10,13-14,21-24H,11-12,15-20H2,1-8H3/t22-,23?,24-/m0/s1. The molecule has 10 nitrogen and oxygen atoms in total. The maximum absolute atomic E-state index is 14.4. The fraction of sp³-hybridized carbons (Fsp3) is 0.677. The predicted octanol–water partition coefficient (Wildman–Crippen LogP) is 4.71. The Balaban J connectivity index is 2.01. The van der Waals surface area contributed by atoms with E-state index in [2.05, 4.69) is 13.8 Å². The zero-order valence-electron chi connectivity index (χ0n) is 26.0. The molecule has 1 aromatic heterocycles. The highest BCUT2D eigenvalue weighted by atomic mass is 16.7. The zero-order chi connectivity index (χ0) is 30.3. The lowest BCUT2D eigenvalue weighted by Crippen LogP contribution is -2.50. The van der Waals surface area contributed by atoms with Crippen LogP contribution in [0.25, 0.3) is 11.0 Å². The summed E-state index contributed by atoms with van der Waals surface area (Å²) in [5.74, 6) is -1.23. The van der Waals surface area contributed by atoms with E-state index < -0.39 is 17.4 Å². The third-order valence-corrected chi connectivity index (χ3v) is 7.45. The Hall–Kier alpha value is -2.98. The first-order valence-corrected chi connectivity index (χ1v) is 14.7. The number of carbonyl (C=O) groups excluding carboxylic acids is 3. The number of amides is 2. The molecular formula is C31H48N4O6. The number of imidazole rings is 1. The summed E-state index contributed by atoms with van der Waals surface area (Å²) in [7, 11) is 4.69. The number of ether oxygens (including phenoxy) is 2. The monoisotopic (exact) mass is 572 g/mol. The normalized spacial score (nSPS) is 19.4. The molecule has 3 rings (SSSR count). The minimum atomic E-state index is -0.659. The number of fused-ring (bicyclic) bond motifs is 1. The number of carbonyl (C=O) groups is 3. The van der Waals surface area contributed by atoms with Crippen LogP contribution in [0.4, 0.5) is 0 Å². The van der Waals surface area contributed by atoms with Gasteiger partial charge in [-0.2, -0.15) is 0 Å². The van der Waals surface area contributed by atoms with E-state index in [-0.39, 0.29) is 29.7 Å². The van der Waals surface area contributed by atoms with Gasteiger partial charge in [0.2, 0.25) is 5.91 Å². The van der Waals surface area contributed by atoms with Gasteiger partial charge in [-0.1, -0.05) is 26.0 Å². The van der Waals surface area contributed by atoms with Crippen molar-refractivity contribution in [2.75, 3.05) is 34.4 Å². The third kappa shape index (κ3) is 8.52. The molecule has 1 aromatic carbocycles. The van der Waals surface area contributed by atoms with Gasteiger partial charge in [0.05, 0.1) is 24.1 Å². The Morgan fingerprint density at radius 3 is 2.37 bits per heavy atom. The number of para-hydroxylation sites is 2. The lowest BCUT2D eigenvalue weighted by atomic mass is 9.77. The van der Waals surface area contributed by atoms with Crippen molar-refractivity contribution in [3.8, 4) is 0 Å². The van der Waals surface area contributed by atoms with E-state index in [1.54, 1.807) is 14.2 Å². The molecule has 228 valence electrons. The Morgan fingerprint density at radius 1 is 1.05 bits per heavy atom. The van der Waals surface area contributed by atoms with Gasteiger partial charge < -0.3 is 18.9 Å². The number of hydrogen-bond acceptors (Lipinski definition) is 7. The van der Waals surface area contributed by atoms with Crippen molar-refractivity contribution in [1.82, 2.24) is 19.5 Å². The van der Waals surface area contributed by atoms with Crippen molar-refractivity contribution >= 4 is 28.8 Å². The Morgan fingerprint density at radius 2 is 1.73 bits per heavy atom. The van der Waals surface area contributed by atoms with Crippen LogP contribution >= 0.6 is 0 Å². The van der Waals surface area contributed by atoms with E-state index in [1.807, 2.05) is 54.5 Å².